The average Bonchev–Trinajstić information content (AvgIpc) is 2.65. The van der Waals surface area contributed by atoms with Crippen LogP contribution in [0.5, 0.6) is 0 Å². The lowest BCUT2D eigenvalue weighted by Gasteiger charge is -2.30. The summed E-state index contributed by atoms with van der Waals surface area (Å²) in [6.07, 6.45) is 6.59. The Bertz CT molecular complexity index is 379. The first-order chi connectivity index (χ1) is 7.20. The Morgan fingerprint density at radius 2 is 2.40 bits per heavy atom. The molecule has 1 heterocycles. The predicted octanol–water partition coefficient (Wildman–Crippen LogP) is 3.04. The fourth-order valence-corrected chi connectivity index (χ4v) is 2.43. The van der Waals surface area contributed by atoms with E-state index < -0.39 is 0 Å². The minimum atomic E-state index is 0.0807. The smallest absolute Gasteiger partial charge is 0.0785 e. The van der Waals surface area contributed by atoms with E-state index in [4.69, 9.17) is 16.9 Å². The van der Waals surface area contributed by atoms with Gasteiger partial charge in [-0.25, -0.2) is 0 Å². The summed E-state index contributed by atoms with van der Waals surface area (Å²) >= 11 is 5.84. The molecule has 0 radical (unpaired) electrons. The van der Waals surface area contributed by atoms with Crippen LogP contribution in [-0.4, -0.2) is 9.78 Å². The number of nitriles is 1. The van der Waals surface area contributed by atoms with Crippen LogP contribution < -0.4 is 0 Å². The molecular weight excluding hydrogens is 210 g/mol. The van der Waals surface area contributed by atoms with E-state index >= 15 is 0 Å². The van der Waals surface area contributed by atoms with Crippen molar-refractivity contribution in [2.24, 2.45) is 11.8 Å². The Morgan fingerprint density at radius 3 is 3.00 bits per heavy atom. The first kappa shape index (κ1) is 10.5. The van der Waals surface area contributed by atoms with E-state index in [1.807, 2.05) is 10.9 Å². The lowest BCUT2D eigenvalue weighted by atomic mass is 9.80. The van der Waals surface area contributed by atoms with Crippen molar-refractivity contribution < 1.29 is 0 Å². The molecule has 2 rings (SSSR count). The Balaban J connectivity index is 2.21. The highest BCUT2D eigenvalue weighted by Gasteiger charge is 2.30. The third-order valence-electron chi connectivity index (χ3n) is 3.15. The van der Waals surface area contributed by atoms with Crippen LogP contribution in [-0.2, 0) is 0 Å². The number of aromatic nitrogens is 2. The molecule has 0 bridgehead atoms. The van der Waals surface area contributed by atoms with E-state index in [-0.39, 0.29) is 12.0 Å². The highest BCUT2D eigenvalue weighted by atomic mass is 35.5. The molecular formula is C11H14ClN3. The normalized spacial score (nSPS) is 31.1. The number of hydrogen-bond donors (Lipinski definition) is 0. The number of hydrogen-bond acceptors (Lipinski definition) is 2. The number of nitrogens with zero attached hydrogens (tertiary/aromatic N) is 3. The molecule has 1 aliphatic rings. The van der Waals surface area contributed by atoms with Gasteiger partial charge in [0.05, 0.1) is 29.2 Å². The van der Waals surface area contributed by atoms with Crippen LogP contribution in [0.4, 0.5) is 0 Å². The number of rotatable bonds is 1. The summed E-state index contributed by atoms with van der Waals surface area (Å²) in [6.45, 7) is 2.23. The first-order valence-electron chi connectivity index (χ1n) is 5.30. The molecule has 0 saturated heterocycles. The second-order valence-electron chi connectivity index (χ2n) is 4.36. The fraction of sp³-hybridized carbons (Fsp3) is 0.636. The van der Waals surface area contributed by atoms with Crippen LogP contribution in [0.2, 0.25) is 5.02 Å². The van der Waals surface area contributed by atoms with E-state index in [1.165, 1.54) is 0 Å². The van der Waals surface area contributed by atoms with Crippen LogP contribution in [0.15, 0.2) is 12.4 Å². The molecule has 3 nitrogen and oxygen atoms in total. The molecule has 0 amide bonds. The molecule has 4 heteroatoms. The Hall–Kier alpha value is -1.01. The highest BCUT2D eigenvalue weighted by molar-refractivity contribution is 6.30. The van der Waals surface area contributed by atoms with Gasteiger partial charge in [-0.1, -0.05) is 18.5 Å². The zero-order valence-corrected chi connectivity index (χ0v) is 9.48. The molecule has 1 aromatic heterocycles. The van der Waals surface area contributed by atoms with Crippen LogP contribution in [0.25, 0.3) is 0 Å². The SMILES string of the molecule is CC1CCC(C#N)C(n2cc(Cl)cn2)C1. The zero-order valence-electron chi connectivity index (χ0n) is 8.73. The summed E-state index contributed by atoms with van der Waals surface area (Å²) in [5, 5.41) is 13.9. The molecule has 1 saturated carbocycles. The summed E-state index contributed by atoms with van der Waals surface area (Å²) in [5.74, 6) is 0.750. The van der Waals surface area contributed by atoms with Gasteiger partial charge in [-0.2, -0.15) is 10.4 Å². The van der Waals surface area contributed by atoms with Crippen molar-refractivity contribution >= 4 is 11.6 Å². The topological polar surface area (TPSA) is 41.6 Å². The summed E-state index contributed by atoms with van der Waals surface area (Å²) in [6, 6.07) is 2.58. The summed E-state index contributed by atoms with van der Waals surface area (Å²) < 4.78 is 1.85. The molecule has 3 unspecified atom stereocenters. The third-order valence-corrected chi connectivity index (χ3v) is 3.35. The van der Waals surface area contributed by atoms with Crippen molar-refractivity contribution in [3.05, 3.63) is 17.4 Å². The summed E-state index contributed by atoms with van der Waals surface area (Å²) in [5.41, 5.74) is 0. The Morgan fingerprint density at radius 1 is 1.60 bits per heavy atom. The molecule has 0 spiro atoms. The second-order valence-corrected chi connectivity index (χ2v) is 4.80. The van der Waals surface area contributed by atoms with Gasteiger partial charge in [0.1, 0.15) is 0 Å². The quantitative estimate of drug-likeness (QED) is 0.735. The largest absolute Gasteiger partial charge is 0.267 e. The van der Waals surface area contributed by atoms with Gasteiger partial charge < -0.3 is 0 Å². The highest BCUT2D eigenvalue weighted by Crippen LogP contribution is 2.36. The van der Waals surface area contributed by atoms with Gasteiger partial charge in [-0.3, -0.25) is 4.68 Å². The fourth-order valence-electron chi connectivity index (χ4n) is 2.29. The molecule has 0 aliphatic heterocycles. The van der Waals surface area contributed by atoms with Gasteiger partial charge in [0.25, 0.3) is 0 Å². The lowest BCUT2D eigenvalue weighted by Crippen LogP contribution is -2.26. The van der Waals surface area contributed by atoms with Crippen molar-refractivity contribution in [3.63, 3.8) is 0 Å². The maximum Gasteiger partial charge on any atom is 0.0785 e. The summed E-state index contributed by atoms with van der Waals surface area (Å²) in [4.78, 5) is 0. The predicted molar refractivity (Wildman–Crippen MR) is 58.4 cm³/mol. The van der Waals surface area contributed by atoms with Crippen molar-refractivity contribution in [2.75, 3.05) is 0 Å². The van der Waals surface area contributed by atoms with Gasteiger partial charge in [-0.05, 0) is 25.2 Å². The standard InChI is InChI=1S/C11H14ClN3/c1-8-2-3-9(5-13)11(4-8)15-7-10(12)6-14-15/h6-9,11H,2-4H2,1H3. The number of halogens is 1. The van der Waals surface area contributed by atoms with Crippen LogP contribution in [0.3, 0.4) is 0 Å². The van der Waals surface area contributed by atoms with E-state index in [1.54, 1.807) is 6.20 Å². The molecule has 15 heavy (non-hydrogen) atoms. The van der Waals surface area contributed by atoms with Gasteiger partial charge in [-0.15, -0.1) is 0 Å². The van der Waals surface area contributed by atoms with Crippen LogP contribution in [0.1, 0.15) is 32.2 Å². The van der Waals surface area contributed by atoms with Crippen molar-refractivity contribution in [2.45, 2.75) is 32.2 Å². The molecule has 0 N–H and O–H groups in total. The van der Waals surface area contributed by atoms with Gasteiger partial charge >= 0.3 is 0 Å². The zero-order chi connectivity index (χ0) is 10.8. The van der Waals surface area contributed by atoms with E-state index in [0.717, 1.165) is 19.3 Å². The van der Waals surface area contributed by atoms with Crippen LogP contribution >= 0.6 is 11.6 Å². The molecule has 3 atom stereocenters. The van der Waals surface area contributed by atoms with E-state index in [9.17, 15) is 0 Å². The monoisotopic (exact) mass is 223 g/mol. The van der Waals surface area contributed by atoms with Crippen LogP contribution in [0, 0.1) is 23.2 Å². The molecule has 1 aliphatic carbocycles. The Labute approximate surface area is 94.6 Å². The molecule has 80 valence electrons. The van der Waals surface area contributed by atoms with Gasteiger partial charge in [0.2, 0.25) is 0 Å². The third kappa shape index (κ3) is 2.15. The minimum Gasteiger partial charge on any atom is -0.267 e. The lowest BCUT2D eigenvalue weighted by molar-refractivity contribution is 0.218. The minimum absolute atomic E-state index is 0.0807. The van der Waals surface area contributed by atoms with Gasteiger partial charge in [0.15, 0.2) is 0 Å². The molecule has 1 fully saturated rings. The van der Waals surface area contributed by atoms with Crippen molar-refractivity contribution in [1.29, 1.82) is 5.26 Å². The maximum absolute atomic E-state index is 9.09. The van der Waals surface area contributed by atoms with E-state index in [2.05, 4.69) is 18.1 Å². The Kier molecular flexibility index (Phi) is 2.97. The van der Waals surface area contributed by atoms with Crippen molar-refractivity contribution in [1.82, 2.24) is 9.78 Å². The van der Waals surface area contributed by atoms with Gasteiger partial charge in [0, 0.05) is 6.20 Å². The average molecular weight is 224 g/mol. The van der Waals surface area contributed by atoms with E-state index in [0.29, 0.717) is 10.9 Å². The molecule has 0 aromatic carbocycles. The second kappa shape index (κ2) is 4.24. The molecule has 1 aromatic rings. The van der Waals surface area contributed by atoms with Crippen molar-refractivity contribution in [3.8, 4) is 6.07 Å². The first-order valence-corrected chi connectivity index (χ1v) is 5.67. The maximum atomic E-state index is 9.09. The summed E-state index contributed by atoms with van der Waals surface area (Å²) in [7, 11) is 0.